The molecule has 2 aromatic carbocycles. The summed E-state index contributed by atoms with van der Waals surface area (Å²) in [6, 6.07) is 8.21. The summed E-state index contributed by atoms with van der Waals surface area (Å²) < 4.78 is 19.2. The molecular weight excluding hydrogens is 407 g/mol. The Labute approximate surface area is 169 Å². The average molecular weight is 413 g/mol. The lowest BCUT2D eigenvalue weighted by Gasteiger charge is -2.15. The van der Waals surface area contributed by atoms with E-state index in [1.54, 1.807) is 0 Å². The first kappa shape index (κ1) is 20.2. The highest BCUT2D eigenvalue weighted by Gasteiger charge is 2.21. The number of benzene rings is 2. The average Bonchev–Trinajstić information content (AvgIpc) is 2.66. The molecule has 8 nitrogen and oxygen atoms in total. The third-order valence-electron chi connectivity index (χ3n) is 3.27. The Morgan fingerprint density at radius 3 is 1.36 bits per heavy atom. The van der Waals surface area contributed by atoms with Crippen molar-refractivity contribution in [1.29, 1.82) is 21.0 Å². The van der Waals surface area contributed by atoms with Gasteiger partial charge in [0.2, 0.25) is 0 Å². The maximum atomic E-state index is 8.90. The summed E-state index contributed by atoms with van der Waals surface area (Å²) in [5.74, 6) is 0.302. The second-order valence-electron chi connectivity index (χ2n) is 4.72. The van der Waals surface area contributed by atoms with Crippen molar-refractivity contribution in [3.8, 4) is 48.0 Å². The van der Waals surface area contributed by atoms with Gasteiger partial charge in [0.05, 0.1) is 0 Å². The van der Waals surface area contributed by atoms with E-state index in [1.807, 2.05) is 0 Å². The van der Waals surface area contributed by atoms with Crippen LogP contribution in [0.15, 0.2) is 40.9 Å². The van der Waals surface area contributed by atoms with Crippen LogP contribution in [0, 0.1) is 46.1 Å². The van der Waals surface area contributed by atoms with Gasteiger partial charge in [-0.3, -0.25) is 0 Å². The van der Waals surface area contributed by atoms with E-state index in [-0.39, 0.29) is 44.2 Å². The predicted octanol–water partition coefficient (Wildman–Crippen LogP) is 4.32. The molecular formula is C18H6Cl2N4O4. The van der Waals surface area contributed by atoms with Crippen LogP contribution in [0.1, 0.15) is 11.1 Å². The number of rotatable bonds is 6. The van der Waals surface area contributed by atoms with Crippen LogP contribution in [0.3, 0.4) is 0 Å². The molecule has 0 atom stereocenters. The molecule has 0 amide bonds. The van der Waals surface area contributed by atoms with Crippen LogP contribution in [0.25, 0.3) is 5.57 Å². The molecule has 0 heterocycles. The van der Waals surface area contributed by atoms with Crippen molar-refractivity contribution in [2.45, 2.75) is 0 Å². The van der Waals surface area contributed by atoms with E-state index in [4.69, 9.17) is 63.2 Å². The van der Waals surface area contributed by atoms with Gasteiger partial charge in [0, 0.05) is 16.7 Å². The molecule has 0 radical (unpaired) electrons. The lowest BCUT2D eigenvalue weighted by atomic mass is 9.97. The number of hydrogen-bond donors (Lipinski definition) is 0. The summed E-state index contributed by atoms with van der Waals surface area (Å²) in [7, 11) is 0. The van der Waals surface area contributed by atoms with Crippen LogP contribution >= 0.6 is 23.2 Å². The van der Waals surface area contributed by atoms with Gasteiger partial charge >= 0.3 is 0 Å². The van der Waals surface area contributed by atoms with Crippen molar-refractivity contribution in [1.82, 2.24) is 0 Å². The third kappa shape index (κ3) is 4.55. The maximum absolute atomic E-state index is 8.90. The van der Waals surface area contributed by atoms with E-state index in [2.05, 4.69) is 0 Å². The molecule has 0 fully saturated rings. The monoisotopic (exact) mass is 412 g/mol. The van der Waals surface area contributed by atoms with Gasteiger partial charge in [-0.2, -0.15) is 0 Å². The number of hydrogen-bond acceptors (Lipinski definition) is 8. The SMILES string of the molecule is N#COc1ccc(OC#N)c(C(=C(Cl)Cl)c2cc(OC#N)ccc2OC#N)c1. The minimum Gasteiger partial charge on any atom is -0.388 e. The Hall–Kier alpha value is -4.08. The summed E-state index contributed by atoms with van der Waals surface area (Å²) in [4.78, 5) is 0. The zero-order chi connectivity index (χ0) is 20.5. The molecule has 0 N–H and O–H groups in total. The van der Waals surface area contributed by atoms with E-state index in [1.165, 1.54) is 61.4 Å². The fourth-order valence-electron chi connectivity index (χ4n) is 2.27. The van der Waals surface area contributed by atoms with Crippen LogP contribution in [0.5, 0.6) is 23.0 Å². The Balaban J connectivity index is 2.80. The van der Waals surface area contributed by atoms with Gasteiger partial charge in [-0.25, -0.2) is 0 Å². The minimum atomic E-state index is -0.284. The smallest absolute Gasteiger partial charge is 0.292 e. The zero-order valence-corrected chi connectivity index (χ0v) is 15.2. The van der Waals surface area contributed by atoms with Crippen molar-refractivity contribution in [2.24, 2.45) is 0 Å². The molecule has 28 heavy (non-hydrogen) atoms. The number of nitrogens with zero attached hydrogens (tertiary/aromatic N) is 4. The first-order chi connectivity index (χ1) is 13.5. The van der Waals surface area contributed by atoms with Crippen molar-refractivity contribution < 1.29 is 18.9 Å². The summed E-state index contributed by atoms with van der Waals surface area (Å²) in [5.41, 5.74) is 0.392. The normalized spacial score (nSPS) is 8.93. The molecule has 10 heteroatoms. The Bertz CT molecular complexity index is 1020. The standard InChI is InChI=1S/C18H6Cl2N4O4/c19-18(20)17(13-5-11(25-7-21)1-3-15(13)27-9-23)14-6-12(26-8-22)2-4-16(14)28-10-24/h1-6H. The summed E-state index contributed by atoms with van der Waals surface area (Å²) in [6.45, 7) is 0. The molecule has 0 aliphatic heterocycles. The first-order valence-corrected chi connectivity index (χ1v) is 7.89. The highest BCUT2D eigenvalue weighted by Crippen LogP contribution is 2.42. The van der Waals surface area contributed by atoms with E-state index in [0.29, 0.717) is 0 Å². The third-order valence-corrected chi connectivity index (χ3v) is 3.65. The molecule has 0 unspecified atom stereocenters. The second kappa shape index (κ2) is 9.57. The second-order valence-corrected chi connectivity index (χ2v) is 5.67. The first-order valence-electron chi connectivity index (χ1n) is 7.13. The summed E-state index contributed by atoms with van der Waals surface area (Å²) in [6.07, 6.45) is 6.09. The van der Waals surface area contributed by atoms with Crippen LogP contribution in [-0.4, -0.2) is 0 Å². The Morgan fingerprint density at radius 2 is 1.04 bits per heavy atom. The van der Waals surface area contributed by atoms with Gasteiger partial charge in [0.15, 0.2) is 0 Å². The topological polar surface area (TPSA) is 132 Å². The minimum absolute atomic E-state index is 0.0381. The fourth-order valence-corrected chi connectivity index (χ4v) is 2.67. The quantitative estimate of drug-likeness (QED) is 0.640. The van der Waals surface area contributed by atoms with Gasteiger partial charge in [-0.1, -0.05) is 23.2 Å². The molecule has 0 aliphatic rings. The van der Waals surface area contributed by atoms with E-state index < -0.39 is 0 Å². The number of nitriles is 4. The maximum Gasteiger partial charge on any atom is 0.292 e. The van der Waals surface area contributed by atoms with Crippen LogP contribution in [-0.2, 0) is 0 Å². The van der Waals surface area contributed by atoms with E-state index in [0.717, 1.165) is 0 Å². The lowest BCUT2D eigenvalue weighted by Crippen LogP contribution is -1.99. The summed E-state index contributed by atoms with van der Waals surface area (Å²) in [5, 5.41) is 35.3. The molecule has 0 saturated carbocycles. The summed E-state index contributed by atoms with van der Waals surface area (Å²) >= 11 is 12.1. The Kier molecular flexibility index (Phi) is 6.92. The lowest BCUT2D eigenvalue weighted by molar-refractivity contribution is 0.489. The molecule has 2 aromatic rings. The van der Waals surface area contributed by atoms with Gasteiger partial charge in [0.1, 0.15) is 27.5 Å². The molecule has 0 saturated heterocycles. The molecule has 136 valence electrons. The molecule has 0 spiro atoms. The molecule has 0 aliphatic carbocycles. The van der Waals surface area contributed by atoms with Gasteiger partial charge in [-0.15, -0.1) is 21.0 Å². The molecule has 0 bridgehead atoms. The van der Waals surface area contributed by atoms with Crippen LogP contribution in [0.4, 0.5) is 0 Å². The van der Waals surface area contributed by atoms with Gasteiger partial charge < -0.3 is 18.9 Å². The largest absolute Gasteiger partial charge is 0.388 e. The van der Waals surface area contributed by atoms with Gasteiger partial charge in [0.25, 0.3) is 25.0 Å². The fraction of sp³-hybridized carbons (Fsp3) is 0. The van der Waals surface area contributed by atoms with Crippen molar-refractivity contribution in [2.75, 3.05) is 0 Å². The highest BCUT2D eigenvalue weighted by molar-refractivity contribution is 6.59. The molecule has 0 aromatic heterocycles. The van der Waals surface area contributed by atoms with Crippen molar-refractivity contribution in [3.63, 3.8) is 0 Å². The van der Waals surface area contributed by atoms with E-state index >= 15 is 0 Å². The number of halogens is 2. The van der Waals surface area contributed by atoms with Crippen LogP contribution < -0.4 is 18.9 Å². The van der Waals surface area contributed by atoms with Crippen LogP contribution in [0.2, 0.25) is 0 Å². The Morgan fingerprint density at radius 1 is 0.643 bits per heavy atom. The highest BCUT2D eigenvalue weighted by atomic mass is 35.5. The van der Waals surface area contributed by atoms with E-state index in [9.17, 15) is 0 Å². The van der Waals surface area contributed by atoms with Crippen molar-refractivity contribution in [3.05, 3.63) is 52.0 Å². The van der Waals surface area contributed by atoms with Gasteiger partial charge in [-0.05, 0) is 36.4 Å². The van der Waals surface area contributed by atoms with Crippen molar-refractivity contribution >= 4 is 28.8 Å². The number of ether oxygens (including phenoxy) is 4. The predicted molar refractivity (Wildman–Crippen MR) is 95.6 cm³/mol. The molecule has 2 rings (SSSR count). The zero-order valence-electron chi connectivity index (χ0n) is 13.6.